The molecule has 1 fully saturated rings. The smallest absolute Gasteiger partial charge is 0.408 e. The van der Waals surface area contributed by atoms with Crippen molar-refractivity contribution >= 4 is 11.1 Å². The first kappa shape index (κ1) is 16.2. The van der Waals surface area contributed by atoms with Gasteiger partial charge < -0.3 is 9.73 Å². The maximum absolute atomic E-state index is 11.2. The molecule has 0 saturated heterocycles. The van der Waals surface area contributed by atoms with Gasteiger partial charge >= 0.3 is 5.76 Å². The Hall–Kier alpha value is -2.33. The number of rotatable bonds is 2. The number of benzene rings is 1. The van der Waals surface area contributed by atoms with E-state index in [2.05, 4.69) is 40.7 Å². The van der Waals surface area contributed by atoms with Crippen LogP contribution >= 0.6 is 0 Å². The quantitative estimate of drug-likeness (QED) is 0.859. The number of allylic oxidation sites excluding steroid dienone is 6. The van der Waals surface area contributed by atoms with Gasteiger partial charge in [-0.1, -0.05) is 49.6 Å². The van der Waals surface area contributed by atoms with E-state index in [9.17, 15) is 4.79 Å². The molecule has 2 N–H and O–H groups in total. The molecule has 1 aromatic heterocycles. The Balaban J connectivity index is 0.000000185. The van der Waals surface area contributed by atoms with Crippen molar-refractivity contribution in [2.75, 3.05) is 7.05 Å². The van der Waals surface area contributed by atoms with Crippen LogP contribution < -0.4 is 11.1 Å². The molecule has 0 spiro atoms. The summed E-state index contributed by atoms with van der Waals surface area (Å²) in [5.41, 5.74) is 5.62. The molecule has 4 nitrogen and oxygen atoms in total. The van der Waals surface area contributed by atoms with E-state index in [1.807, 2.05) is 19.2 Å². The highest BCUT2D eigenvalue weighted by molar-refractivity contribution is 5.73. The van der Waals surface area contributed by atoms with Crippen molar-refractivity contribution < 1.29 is 4.42 Å². The van der Waals surface area contributed by atoms with Gasteiger partial charge in [-0.2, -0.15) is 0 Å². The van der Waals surface area contributed by atoms with E-state index in [1.165, 1.54) is 42.4 Å². The number of hydrogen-bond donors (Lipinski definition) is 2. The highest BCUT2D eigenvalue weighted by Gasteiger charge is 2.32. The van der Waals surface area contributed by atoms with Crippen LogP contribution in [0.5, 0.6) is 0 Å². The number of oxazole rings is 1. The third kappa shape index (κ3) is 3.14. The van der Waals surface area contributed by atoms with Gasteiger partial charge in [0.2, 0.25) is 0 Å². The molecule has 0 atom stereocenters. The van der Waals surface area contributed by atoms with Gasteiger partial charge in [-0.15, -0.1) is 0 Å². The fraction of sp³-hybridized carbons (Fsp3) is 0.381. The van der Waals surface area contributed by atoms with Crippen molar-refractivity contribution in [2.45, 2.75) is 44.1 Å². The van der Waals surface area contributed by atoms with Crippen LogP contribution in [0.15, 0.2) is 62.9 Å². The summed E-state index contributed by atoms with van der Waals surface area (Å²) in [6.45, 7) is 0. The second-order valence-electron chi connectivity index (χ2n) is 7.11. The summed E-state index contributed by atoms with van der Waals surface area (Å²) in [7, 11) is 2.02. The monoisotopic (exact) mass is 336 g/mol. The standard InChI is InChI=1S/C14H18N2O2.C7H6/c1-15-14(7-3-2-4-8-14)10-5-6-11-12(9-10)18-13(17)16-11;1-2-7-4-3-6(1)5-7/h5-6,9,15H,2-4,7-8H2,1H3,(H,16,17);1-4H,5H2. The number of hydrogen-bond acceptors (Lipinski definition) is 3. The number of aromatic amines is 1. The summed E-state index contributed by atoms with van der Waals surface area (Å²) in [5.74, 6) is -0.385. The van der Waals surface area contributed by atoms with Crippen molar-refractivity contribution in [1.29, 1.82) is 0 Å². The second kappa shape index (κ2) is 6.52. The van der Waals surface area contributed by atoms with Gasteiger partial charge in [0.1, 0.15) is 0 Å². The number of fused-ring (bicyclic) bond motifs is 3. The summed E-state index contributed by atoms with van der Waals surface area (Å²) >= 11 is 0. The third-order valence-electron chi connectivity index (χ3n) is 5.59. The topological polar surface area (TPSA) is 58.0 Å². The second-order valence-corrected chi connectivity index (χ2v) is 7.11. The number of aromatic nitrogens is 1. The Morgan fingerprint density at radius 2 is 1.80 bits per heavy atom. The van der Waals surface area contributed by atoms with Gasteiger partial charge in [-0.25, -0.2) is 4.79 Å². The van der Waals surface area contributed by atoms with E-state index in [1.54, 1.807) is 0 Å². The maximum atomic E-state index is 11.2. The van der Waals surface area contributed by atoms with Crippen LogP contribution in [0.4, 0.5) is 0 Å². The lowest BCUT2D eigenvalue weighted by Gasteiger charge is -2.37. The zero-order valence-electron chi connectivity index (χ0n) is 14.6. The first-order valence-corrected chi connectivity index (χ1v) is 9.09. The zero-order chi connectivity index (χ0) is 17.3. The fourth-order valence-corrected chi connectivity index (χ4v) is 4.09. The minimum absolute atomic E-state index is 0.0439. The number of H-pyrrole nitrogens is 1. The Morgan fingerprint density at radius 3 is 2.36 bits per heavy atom. The summed E-state index contributed by atoms with van der Waals surface area (Å²) in [6.07, 6.45) is 16.0. The van der Waals surface area contributed by atoms with Crippen molar-refractivity contribution in [3.63, 3.8) is 0 Å². The Labute approximate surface area is 147 Å². The lowest BCUT2D eigenvalue weighted by Crippen LogP contribution is -2.41. The van der Waals surface area contributed by atoms with Gasteiger partial charge in [0.05, 0.1) is 5.52 Å². The van der Waals surface area contributed by atoms with Crippen molar-refractivity contribution in [2.24, 2.45) is 0 Å². The molecule has 4 heteroatoms. The first-order valence-electron chi connectivity index (χ1n) is 9.09. The van der Waals surface area contributed by atoms with Crippen LogP contribution in [0.25, 0.3) is 11.1 Å². The molecule has 2 aromatic rings. The highest BCUT2D eigenvalue weighted by atomic mass is 16.4. The maximum Gasteiger partial charge on any atom is 0.417 e. The summed E-state index contributed by atoms with van der Waals surface area (Å²) in [5, 5.41) is 3.48. The van der Waals surface area contributed by atoms with Crippen molar-refractivity contribution in [1.82, 2.24) is 10.3 Å². The molecule has 25 heavy (non-hydrogen) atoms. The molecule has 1 aromatic carbocycles. The minimum Gasteiger partial charge on any atom is -0.408 e. The van der Waals surface area contributed by atoms with E-state index < -0.39 is 0 Å². The molecule has 130 valence electrons. The van der Waals surface area contributed by atoms with Gasteiger partial charge in [0.25, 0.3) is 0 Å². The van der Waals surface area contributed by atoms with Crippen LogP contribution in [0.2, 0.25) is 0 Å². The van der Waals surface area contributed by atoms with Crippen molar-refractivity contribution in [3.8, 4) is 0 Å². The average Bonchev–Trinajstić information content (AvgIpc) is 3.38. The molecule has 2 bridgehead atoms. The molecule has 0 amide bonds. The zero-order valence-corrected chi connectivity index (χ0v) is 14.6. The van der Waals surface area contributed by atoms with Gasteiger partial charge in [0, 0.05) is 5.54 Å². The minimum atomic E-state index is -0.385. The summed E-state index contributed by atoms with van der Waals surface area (Å²) in [4.78, 5) is 13.9. The lowest BCUT2D eigenvalue weighted by molar-refractivity contribution is 0.250. The fourth-order valence-electron chi connectivity index (χ4n) is 4.09. The van der Waals surface area contributed by atoms with Gasteiger partial charge in [-0.3, -0.25) is 4.98 Å². The third-order valence-corrected chi connectivity index (χ3v) is 5.59. The van der Waals surface area contributed by atoms with Crippen LogP contribution in [0.1, 0.15) is 44.1 Å². The van der Waals surface area contributed by atoms with Crippen LogP contribution in [0.3, 0.4) is 0 Å². The van der Waals surface area contributed by atoms with E-state index in [0.29, 0.717) is 5.58 Å². The molecule has 0 unspecified atom stereocenters. The molecule has 0 aliphatic heterocycles. The summed E-state index contributed by atoms with van der Waals surface area (Å²) < 4.78 is 5.15. The van der Waals surface area contributed by atoms with E-state index in [0.717, 1.165) is 18.4 Å². The molecule has 1 saturated carbocycles. The molecular weight excluding hydrogens is 312 g/mol. The Bertz CT molecular complexity index is 901. The summed E-state index contributed by atoms with van der Waals surface area (Å²) in [6, 6.07) is 6.02. The first-order chi connectivity index (χ1) is 12.2. The normalized spacial score (nSPS) is 20.2. The lowest BCUT2D eigenvalue weighted by atomic mass is 9.76. The van der Waals surface area contributed by atoms with E-state index >= 15 is 0 Å². The molecule has 5 rings (SSSR count). The highest BCUT2D eigenvalue weighted by Crippen LogP contribution is 2.37. The van der Waals surface area contributed by atoms with Crippen LogP contribution in [-0.2, 0) is 5.54 Å². The van der Waals surface area contributed by atoms with Crippen LogP contribution in [0, 0.1) is 0 Å². The van der Waals surface area contributed by atoms with Crippen molar-refractivity contribution in [3.05, 3.63) is 69.8 Å². The Morgan fingerprint density at radius 1 is 1.08 bits per heavy atom. The molecule has 3 aliphatic rings. The van der Waals surface area contributed by atoms with Gasteiger partial charge in [0.15, 0.2) is 5.58 Å². The van der Waals surface area contributed by atoms with Crippen LogP contribution in [-0.4, -0.2) is 12.0 Å². The van der Waals surface area contributed by atoms with E-state index in [-0.39, 0.29) is 11.3 Å². The predicted molar refractivity (Wildman–Crippen MR) is 101 cm³/mol. The SMILES string of the molecule is C1=CC2=CC=C1C2.CNC1(c2ccc3[nH]c(=O)oc3c2)CCCCC1. The molecule has 1 heterocycles. The van der Waals surface area contributed by atoms with Gasteiger partial charge in [-0.05, 0) is 55.2 Å². The molecular formula is C21H24N2O2. The molecule has 3 aliphatic carbocycles. The largest absolute Gasteiger partial charge is 0.417 e. The Kier molecular flexibility index (Phi) is 4.22. The number of nitrogens with one attached hydrogen (secondary N) is 2. The predicted octanol–water partition coefficient (Wildman–Crippen LogP) is 4.31. The van der Waals surface area contributed by atoms with E-state index in [4.69, 9.17) is 4.42 Å². The molecule has 0 radical (unpaired) electrons. The average molecular weight is 336 g/mol.